The van der Waals surface area contributed by atoms with E-state index in [1.165, 1.54) is 24.3 Å². The first-order valence-electron chi connectivity index (χ1n) is 10.3. The molecule has 0 radical (unpaired) electrons. The van der Waals surface area contributed by atoms with Crippen molar-refractivity contribution in [3.63, 3.8) is 0 Å². The molecule has 1 atom stereocenters. The lowest BCUT2D eigenvalue weighted by Crippen LogP contribution is -2.35. The lowest BCUT2D eigenvalue weighted by atomic mass is 10.0. The van der Waals surface area contributed by atoms with Gasteiger partial charge in [0, 0.05) is 40.4 Å². The summed E-state index contributed by atoms with van der Waals surface area (Å²) in [5.41, 5.74) is 1.79. The molecule has 0 aliphatic rings. The number of nitro groups is 1. The Hall–Kier alpha value is -4.04. The molecule has 0 aliphatic carbocycles. The van der Waals surface area contributed by atoms with Crippen LogP contribution in [0.3, 0.4) is 0 Å². The number of anilines is 1. The lowest BCUT2D eigenvalue weighted by Gasteiger charge is -2.20. The van der Waals surface area contributed by atoms with Gasteiger partial charge in [0.25, 0.3) is 5.69 Å². The molecule has 0 saturated heterocycles. The number of aryl methyl sites for hydroxylation is 1. The fourth-order valence-electron chi connectivity index (χ4n) is 3.15. The number of carbonyl (C=O) groups is 3. The van der Waals surface area contributed by atoms with Crippen LogP contribution in [-0.4, -0.2) is 35.1 Å². The number of halogens is 1. The highest BCUT2D eigenvalue weighted by molar-refractivity contribution is 6.30. The summed E-state index contributed by atoms with van der Waals surface area (Å²) in [6.07, 6.45) is -0.208. The molecule has 3 rings (SSSR count). The molecule has 9 heteroatoms. The van der Waals surface area contributed by atoms with E-state index < -0.39 is 29.3 Å². The van der Waals surface area contributed by atoms with Gasteiger partial charge in [-0.3, -0.25) is 19.7 Å². The van der Waals surface area contributed by atoms with E-state index in [2.05, 4.69) is 5.32 Å². The summed E-state index contributed by atoms with van der Waals surface area (Å²) >= 11 is 6.07. The standard InChI is InChI=1S/C25H21ClN2O6/c1-16-7-10-19(26)13-21(16)27-22(14-23(29)17-5-3-2-4-6-17)25(31)34-15-24(30)18-8-11-20(12-9-18)28(32)33/h2-13,22,27H,14-15H2,1H3. The van der Waals surface area contributed by atoms with Gasteiger partial charge in [-0.05, 0) is 36.8 Å². The van der Waals surface area contributed by atoms with E-state index in [0.717, 1.165) is 5.56 Å². The van der Waals surface area contributed by atoms with E-state index in [1.54, 1.807) is 48.5 Å². The number of non-ortho nitro benzene ring substituents is 1. The second kappa shape index (κ2) is 11.2. The fourth-order valence-corrected chi connectivity index (χ4v) is 3.32. The molecule has 0 bridgehead atoms. The molecule has 0 spiro atoms. The first-order valence-corrected chi connectivity index (χ1v) is 10.7. The summed E-state index contributed by atoms with van der Waals surface area (Å²) in [5, 5.41) is 14.2. The van der Waals surface area contributed by atoms with Gasteiger partial charge >= 0.3 is 5.97 Å². The summed E-state index contributed by atoms with van der Waals surface area (Å²) < 4.78 is 5.21. The number of hydrogen-bond donors (Lipinski definition) is 1. The van der Waals surface area contributed by atoms with Crippen molar-refractivity contribution in [1.82, 2.24) is 0 Å². The van der Waals surface area contributed by atoms with E-state index in [0.29, 0.717) is 16.3 Å². The third-order valence-electron chi connectivity index (χ3n) is 5.04. The molecule has 1 N–H and O–H groups in total. The van der Waals surface area contributed by atoms with Crippen molar-refractivity contribution in [2.45, 2.75) is 19.4 Å². The number of benzene rings is 3. The van der Waals surface area contributed by atoms with E-state index in [-0.39, 0.29) is 23.5 Å². The summed E-state index contributed by atoms with van der Waals surface area (Å²) in [7, 11) is 0. The Balaban J connectivity index is 1.73. The van der Waals surface area contributed by atoms with Crippen LogP contribution in [0.15, 0.2) is 72.8 Å². The highest BCUT2D eigenvalue weighted by Gasteiger charge is 2.26. The lowest BCUT2D eigenvalue weighted by molar-refractivity contribution is -0.384. The molecular formula is C25H21ClN2O6. The van der Waals surface area contributed by atoms with Gasteiger partial charge in [0.05, 0.1) is 4.92 Å². The minimum absolute atomic E-state index is 0.158. The second-order valence-electron chi connectivity index (χ2n) is 7.48. The first kappa shape index (κ1) is 24.6. The van der Waals surface area contributed by atoms with Crippen molar-refractivity contribution < 1.29 is 24.0 Å². The maximum Gasteiger partial charge on any atom is 0.329 e. The predicted molar refractivity (Wildman–Crippen MR) is 127 cm³/mol. The Morgan fingerprint density at radius 3 is 2.26 bits per heavy atom. The Bertz CT molecular complexity index is 1210. The number of nitro benzene ring substituents is 1. The zero-order valence-corrected chi connectivity index (χ0v) is 19.0. The van der Waals surface area contributed by atoms with E-state index in [1.807, 2.05) is 6.92 Å². The van der Waals surface area contributed by atoms with Crippen molar-refractivity contribution in [3.05, 3.63) is 105 Å². The van der Waals surface area contributed by atoms with Gasteiger partial charge in [-0.2, -0.15) is 0 Å². The third-order valence-corrected chi connectivity index (χ3v) is 5.28. The average molecular weight is 481 g/mol. The molecule has 3 aromatic carbocycles. The maximum absolute atomic E-state index is 12.9. The van der Waals surface area contributed by atoms with Crippen LogP contribution in [0.5, 0.6) is 0 Å². The summed E-state index contributed by atoms with van der Waals surface area (Å²) in [6.45, 7) is 1.24. The molecular weight excluding hydrogens is 460 g/mol. The molecule has 0 saturated carbocycles. The predicted octanol–water partition coefficient (Wildman–Crippen LogP) is 5.04. The van der Waals surface area contributed by atoms with Crippen LogP contribution in [0.2, 0.25) is 5.02 Å². The molecule has 1 unspecified atom stereocenters. The number of carbonyl (C=O) groups excluding carboxylic acids is 3. The van der Waals surface area contributed by atoms with E-state index in [9.17, 15) is 24.5 Å². The van der Waals surface area contributed by atoms with Gasteiger partial charge in [0.2, 0.25) is 0 Å². The van der Waals surface area contributed by atoms with Crippen LogP contribution < -0.4 is 5.32 Å². The van der Waals surface area contributed by atoms with Gasteiger partial charge in [-0.25, -0.2) is 4.79 Å². The van der Waals surface area contributed by atoms with Crippen LogP contribution in [0.4, 0.5) is 11.4 Å². The van der Waals surface area contributed by atoms with Crippen LogP contribution in [-0.2, 0) is 9.53 Å². The number of ketones is 2. The quantitative estimate of drug-likeness (QED) is 0.187. The van der Waals surface area contributed by atoms with Crippen LogP contribution >= 0.6 is 11.6 Å². The molecule has 3 aromatic rings. The molecule has 0 fully saturated rings. The van der Waals surface area contributed by atoms with Crippen molar-refractivity contribution in [3.8, 4) is 0 Å². The van der Waals surface area contributed by atoms with Crippen molar-refractivity contribution in [2.75, 3.05) is 11.9 Å². The third kappa shape index (κ3) is 6.49. The van der Waals surface area contributed by atoms with E-state index in [4.69, 9.17) is 16.3 Å². The smallest absolute Gasteiger partial charge is 0.329 e. The Morgan fingerprint density at radius 2 is 1.62 bits per heavy atom. The van der Waals surface area contributed by atoms with Gasteiger partial charge in [0.1, 0.15) is 6.04 Å². The highest BCUT2D eigenvalue weighted by atomic mass is 35.5. The van der Waals surface area contributed by atoms with Crippen molar-refractivity contribution >= 4 is 40.5 Å². The zero-order valence-electron chi connectivity index (χ0n) is 18.2. The minimum Gasteiger partial charge on any atom is -0.456 e. The summed E-state index contributed by atoms with van der Waals surface area (Å²) in [5.74, 6) is -1.61. The van der Waals surface area contributed by atoms with Crippen molar-refractivity contribution in [2.24, 2.45) is 0 Å². The fraction of sp³-hybridized carbons (Fsp3) is 0.160. The Morgan fingerprint density at radius 1 is 0.971 bits per heavy atom. The molecule has 34 heavy (non-hydrogen) atoms. The van der Waals surface area contributed by atoms with Crippen LogP contribution in [0.1, 0.15) is 32.7 Å². The summed E-state index contributed by atoms with van der Waals surface area (Å²) in [4.78, 5) is 48.2. The van der Waals surface area contributed by atoms with Crippen LogP contribution in [0, 0.1) is 17.0 Å². The largest absolute Gasteiger partial charge is 0.456 e. The van der Waals surface area contributed by atoms with Crippen molar-refractivity contribution in [1.29, 1.82) is 0 Å². The summed E-state index contributed by atoms with van der Waals surface area (Å²) in [6, 6.07) is 17.5. The first-order chi connectivity index (χ1) is 16.2. The number of nitrogens with zero attached hydrogens (tertiary/aromatic N) is 1. The molecule has 0 amide bonds. The Kier molecular flexibility index (Phi) is 8.10. The number of ether oxygens (including phenoxy) is 1. The normalized spacial score (nSPS) is 11.4. The molecule has 0 heterocycles. The maximum atomic E-state index is 12.9. The number of esters is 1. The molecule has 174 valence electrons. The molecule has 8 nitrogen and oxygen atoms in total. The van der Waals surface area contributed by atoms with Gasteiger partial charge < -0.3 is 10.1 Å². The van der Waals surface area contributed by atoms with Crippen LogP contribution in [0.25, 0.3) is 0 Å². The van der Waals surface area contributed by atoms with Gasteiger partial charge in [-0.1, -0.05) is 48.0 Å². The molecule has 0 aromatic heterocycles. The Labute approximate surface area is 200 Å². The topological polar surface area (TPSA) is 116 Å². The van der Waals surface area contributed by atoms with Gasteiger partial charge in [-0.15, -0.1) is 0 Å². The zero-order chi connectivity index (χ0) is 24.7. The highest BCUT2D eigenvalue weighted by Crippen LogP contribution is 2.22. The second-order valence-corrected chi connectivity index (χ2v) is 7.92. The molecule has 0 aliphatic heterocycles. The number of Topliss-reactive ketones (excluding diaryl/α,β-unsaturated/α-hetero) is 2. The monoisotopic (exact) mass is 480 g/mol. The van der Waals surface area contributed by atoms with E-state index >= 15 is 0 Å². The minimum atomic E-state index is -1.07. The number of hydrogen-bond acceptors (Lipinski definition) is 7. The SMILES string of the molecule is Cc1ccc(Cl)cc1NC(CC(=O)c1ccccc1)C(=O)OCC(=O)c1ccc([N+](=O)[O-])cc1. The number of nitrogens with one attached hydrogen (secondary N) is 1. The van der Waals surface area contributed by atoms with Gasteiger partial charge in [0.15, 0.2) is 18.2 Å². The number of rotatable bonds is 10. The average Bonchev–Trinajstić information content (AvgIpc) is 2.84.